The van der Waals surface area contributed by atoms with E-state index in [-0.39, 0.29) is 54.7 Å². The third-order valence-electron chi connectivity index (χ3n) is 5.45. The van der Waals surface area contributed by atoms with Crippen LogP contribution in [0.15, 0.2) is 12.4 Å². The molecule has 3 unspecified atom stereocenters. The van der Waals surface area contributed by atoms with Crippen molar-refractivity contribution in [3.8, 4) is 0 Å². The molecule has 0 aromatic carbocycles. The molecule has 0 aliphatic carbocycles. The molecule has 0 spiro atoms. The Kier molecular flexibility index (Phi) is 14.8. The van der Waals surface area contributed by atoms with Gasteiger partial charge in [0.1, 0.15) is 11.8 Å². The number of amides is 2. The third-order valence-corrected chi connectivity index (χ3v) is 5.45. The van der Waals surface area contributed by atoms with Crippen molar-refractivity contribution in [1.82, 2.24) is 16.0 Å². The van der Waals surface area contributed by atoms with E-state index >= 15 is 0 Å². The molecule has 0 aliphatic rings. The molecule has 2 amide bonds. The lowest BCUT2D eigenvalue weighted by Crippen LogP contribution is -2.51. The molecule has 0 radical (unpaired) electrons. The fraction of sp³-hybridized carbons (Fsp3) is 0.750. The van der Waals surface area contributed by atoms with Gasteiger partial charge in [0.2, 0.25) is 11.8 Å². The molecule has 3 atom stereocenters. The number of carbonyl (C=O) groups is 4. The summed E-state index contributed by atoms with van der Waals surface area (Å²) in [6, 6.07) is -0.811. The van der Waals surface area contributed by atoms with Crippen molar-refractivity contribution >= 4 is 23.6 Å². The number of nitrogens with one attached hydrogen (secondary N) is 3. The van der Waals surface area contributed by atoms with E-state index in [1.807, 2.05) is 34.6 Å². The smallest absolute Gasteiger partial charge is 0.303 e. The fourth-order valence-electron chi connectivity index (χ4n) is 3.56. The van der Waals surface area contributed by atoms with Gasteiger partial charge in [-0.3, -0.25) is 19.2 Å². The Labute approximate surface area is 198 Å². The van der Waals surface area contributed by atoms with Crippen LogP contribution in [0, 0.1) is 17.8 Å². The first-order valence-corrected chi connectivity index (χ1v) is 11.9. The van der Waals surface area contributed by atoms with Gasteiger partial charge in [0, 0.05) is 25.4 Å². The van der Waals surface area contributed by atoms with Crippen molar-refractivity contribution in [2.24, 2.45) is 23.5 Å². The maximum atomic E-state index is 13.0. The molecule has 9 nitrogen and oxygen atoms in total. The Bertz CT molecular complexity index is 663. The third kappa shape index (κ3) is 15.0. The molecule has 6 N–H and O–H groups in total. The van der Waals surface area contributed by atoms with Gasteiger partial charge in [-0.1, -0.05) is 47.6 Å². The maximum Gasteiger partial charge on any atom is 0.303 e. The number of hydrogen-bond donors (Lipinski definition) is 5. The van der Waals surface area contributed by atoms with Crippen LogP contribution in [0.4, 0.5) is 0 Å². The second kappa shape index (κ2) is 16.1. The van der Waals surface area contributed by atoms with E-state index in [4.69, 9.17) is 10.8 Å². The van der Waals surface area contributed by atoms with E-state index in [1.54, 1.807) is 0 Å². The quantitative estimate of drug-likeness (QED) is 0.153. The summed E-state index contributed by atoms with van der Waals surface area (Å²) in [5.41, 5.74) is 5.51. The number of hydrogen-bond acceptors (Lipinski definition) is 6. The number of ketones is 1. The van der Waals surface area contributed by atoms with Gasteiger partial charge < -0.3 is 26.8 Å². The van der Waals surface area contributed by atoms with Gasteiger partial charge in [-0.15, -0.1) is 0 Å². The van der Waals surface area contributed by atoms with E-state index in [0.29, 0.717) is 25.2 Å². The Morgan fingerprint density at radius 1 is 1.03 bits per heavy atom. The number of nitrogens with two attached hydrogens (primary N) is 1. The topological polar surface area (TPSA) is 151 Å². The normalized spacial score (nSPS) is 13.8. The Hall–Kier alpha value is -2.58. The standard InChI is InChI=1S/C24H44N4O5/c1-7-18(13-23(31)32)12-19(29)14-22(30)27-21(11-15(2)3)24(33)28-20(16(4)5)9-8-10-26-17(6)25/h15-16,18,20-21,26H,6-14,25H2,1-5H3,(H,27,30)(H,28,33)(H,31,32). The van der Waals surface area contributed by atoms with E-state index in [2.05, 4.69) is 22.5 Å². The molecule has 0 saturated heterocycles. The zero-order chi connectivity index (χ0) is 25.6. The number of carboxylic acid groups (broad SMARTS) is 1. The van der Waals surface area contributed by atoms with E-state index in [1.165, 1.54) is 0 Å². The molecule has 33 heavy (non-hydrogen) atoms. The number of carboxylic acids is 1. The van der Waals surface area contributed by atoms with E-state index in [0.717, 1.165) is 12.8 Å². The number of Topliss-reactive ketones (excluding diaryl/α,β-unsaturated/α-hetero) is 1. The SMILES string of the molecule is C=C(N)NCCCC(NC(=O)C(CC(C)C)NC(=O)CC(=O)CC(CC)CC(=O)O)C(C)C. The van der Waals surface area contributed by atoms with Crippen LogP contribution in [-0.2, 0) is 19.2 Å². The summed E-state index contributed by atoms with van der Waals surface area (Å²) >= 11 is 0. The highest BCUT2D eigenvalue weighted by atomic mass is 16.4. The van der Waals surface area contributed by atoms with Crippen LogP contribution in [0.3, 0.4) is 0 Å². The first-order chi connectivity index (χ1) is 15.3. The summed E-state index contributed by atoms with van der Waals surface area (Å²) in [6.07, 6.45) is 2.10. The van der Waals surface area contributed by atoms with Gasteiger partial charge in [0.25, 0.3) is 0 Å². The molecule has 0 bridgehead atoms. The number of rotatable bonds is 18. The number of aliphatic carboxylic acids is 1. The van der Waals surface area contributed by atoms with Crippen LogP contribution >= 0.6 is 0 Å². The van der Waals surface area contributed by atoms with Crippen molar-refractivity contribution in [3.05, 3.63) is 12.4 Å². The Morgan fingerprint density at radius 2 is 1.67 bits per heavy atom. The minimum atomic E-state index is -0.962. The Morgan fingerprint density at radius 3 is 2.15 bits per heavy atom. The zero-order valence-corrected chi connectivity index (χ0v) is 20.9. The molecule has 190 valence electrons. The first-order valence-electron chi connectivity index (χ1n) is 11.9. The molecule has 0 rings (SSSR count). The highest BCUT2D eigenvalue weighted by Crippen LogP contribution is 2.15. The summed E-state index contributed by atoms with van der Waals surface area (Å²) in [7, 11) is 0. The van der Waals surface area contributed by atoms with E-state index in [9.17, 15) is 19.2 Å². The summed E-state index contributed by atoms with van der Waals surface area (Å²) in [5, 5.41) is 17.6. The van der Waals surface area contributed by atoms with Gasteiger partial charge in [-0.2, -0.15) is 0 Å². The molecule has 0 fully saturated rings. The largest absolute Gasteiger partial charge is 0.481 e. The average Bonchev–Trinajstić information content (AvgIpc) is 2.67. The lowest BCUT2D eigenvalue weighted by molar-refractivity contribution is -0.138. The summed E-state index contributed by atoms with van der Waals surface area (Å²) < 4.78 is 0. The highest BCUT2D eigenvalue weighted by Gasteiger charge is 2.26. The van der Waals surface area contributed by atoms with Crippen molar-refractivity contribution < 1.29 is 24.3 Å². The zero-order valence-electron chi connectivity index (χ0n) is 20.9. The second-order valence-corrected chi connectivity index (χ2v) is 9.49. The van der Waals surface area contributed by atoms with Gasteiger partial charge in [-0.25, -0.2) is 0 Å². The van der Waals surface area contributed by atoms with Crippen LogP contribution in [0.25, 0.3) is 0 Å². The first kappa shape index (κ1) is 30.4. The van der Waals surface area contributed by atoms with E-state index < -0.39 is 17.9 Å². The molecule has 9 heteroatoms. The predicted octanol–water partition coefficient (Wildman–Crippen LogP) is 2.31. The summed E-state index contributed by atoms with van der Waals surface area (Å²) in [5.74, 6) is -1.59. The highest BCUT2D eigenvalue weighted by molar-refractivity contribution is 5.99. The minimum absolute atomic E-state index is 0.0376. The lowest BCUT2D eigenvalue weighted by Gasteiger charge is -2.27. The second-order valence-electron chi connectivity index (χ2n) is 9.49. The molecule has 0 aromatic heterocycles. The van der Waals surface area contributed by atoms with Crippen molar-refractivity contribution in [2.75, 3.05) is 6.54 Å². The Balaban J connectivity index is 4.95. The van der Waals surface area contributed by atoms with Crippen LogP contribution in [0.2, 0.25) is 0 Å². The van der Waals surface area contributed by atoms with Crippen LogP contribution in [0.5, 0.6) is 0 Å². The minimum Gasteiger partial charge on any atom is -0.481 e. The lowest BCUT2D eigenvalue weighted by atomic mass is 9.94. The van der Waals surface area contributed by atoms with Gasteiger partial charge in [-0.05, 0) is 37.0 Å². The van der Waals surface area contributed by atoms with Gasteiger partial charge in [0.15, 0.2) is 0 Å². The van der Waals surface area contributed by atoms with Crippen LogP contribution < -0.4 is 21.7 Å². The molecule has 0 heterocycles. The van der Waals surface area contributed by atoms with Crippen molar-refractivity contribution in [1.29, 1.82) is 0 Å². The molecule has 0 aliphatic heterocycles. The van der Waals surface area contributed by atoms with Crippen LogP contribution in [0.1, 0.15) is 79.6 Å². The summed E-state index contributed by atoms with van der Waals surface area (Å²) in [6.45, 7) is 14.0. The van der Waals surface area contributed by atoms with Gasteiger partial charge in [0.05, 0.1) is 12.2 Å². The summed E-state index contributed by atoms with van der Waals surface area (Å²) in [4.78, 5) is 48.6. The fourth-order valence-corrected chi connectivity index (χ4v) is 3.56. The average molecular weight is 469 g/mol. The molecule has 0 saturated carbocycles. The van der Waals surface area contributed by atoms with Gasteiger partial charge >= 0.3 is 5.97 Å². The van der Waals surface area contributed by atoms with Crippen molar-refractivity contribution in [2.45, 2.75) is 91.6 Å². The molecule has 0 aromatic rings. The van der Waals surface area contributed by atoms with Crippen molar-refractivity contribution in [3.63, 3.8) is 0 Å². The monoisotopic (exact) mass is 468 g/mol. The predicted molar refractivity (Wildman–Crippen MR) is 129 cm³/mol. The number of carbonyl (C=O) groups excluding carboxylic acids is 3. The molecular formula is C24H44N4O5. The maximum absolute atomic E-state index is 13.0. The van der Waals surface area contributed by atoms with Crippen LogP contribution in [-0.4, -0.2) is 47.3 Å². The molecular weight excluding hydrogens is 424 g/mol.